The molecule has 0 radical (unpaired) electrons. The van der Waals surface area contributed by atoms with Crippen LogP contribution in [0.25, 0.3) is 0 Å². The fourth-order valence-electron chi connectivity index (χ4n) is 1.68. The van der Waals surface area contributed by atoms with Crippen molar-refractivity contribution in [1.82, 2.24) is 0 Å². The Hall–Kier alpha value is -0.770. The molecule has 1 aliphatic heterocycles. The van der Waals surface area contributed by atoms with Gasteiger partial charge in [-0.25, -0.2) is 4.79 Å². The Bertz CT molecular complexity index is 414. The van der Waals surface area contributed by atoms with Crippen molar-refractivity contribution in [3.8, 4) is 0 Å². The van der Waals surface area contributed by atoms with Crippen molar-refractivity contribution in [2.24, 2.45) is 0 Å². The minimum Gasteiger partial charge on any atom is -0.459 e. The van der Waals surface area contributed by atoms with Gasteiger partial charge in [-0.2, -0.15) is 0 Å². The summed E-state index contributed by atoms with van der Waals surface area (Å²) in [6.45, 7) is 1.02. The summed E-state index contributed by atoms with van der Waals surface area (Å²) in [5, 5.41) is 0.792. The van der Waals surface area contributed by atoms with Crippen molar-refractivity contribution in [2.75, 3.05) is 13.2 Å². The van der Waals surface area contributed by atoms with Gasteiger partial charge in [0, 0.05) is 11.6 Å². The van der Waals surface area contributed by atoms with Gasteiger partial charge in [0.25, 0.3) is 0 Å². The van der Waals surface area contributed by atoms with Crippen LogP contribution in [-0.2, 0) is 9.47 Å². The number of carbonyl (C=O) groups excluding carboxylic acids is 1. The van der Waals surface area contributed by atoms with Crippen LogP contribution in [0.3, 0.4) is 0 Å². The maximum absolute atomic E-state index is 11.7. The van der Waals surface area contributed by atoms with E-state index in [0.717, 1.165) is 19.4 Å². The molecule has 3 nitrogen and oxygen atoms in total. The molecule has 0 saturated carbocycles. The molecule has 1 heterocycles. The van der Waals surface area contributed by atoms with Gasteiger partial charge in [-0.15, -0.1) is 0 Å². The van der Waals surface area contributed by atoms with Gasteiger partial charge < -0.3 is 9.47 Å². The standard InChI is InChI=1S/C12H12Cl2O3/c13-8-3-4-10(11(14)6-8)12(15)17-7-9-2-1-5-16-9/h3-4,6,9H,1-2,5,7H2. The van der Waals surface area contributed by atoms with Crippen molar-refractivity contribution in [3.63, 3.8) is 0 Å². The van der Waals surface area contributed by atoms with E-state index in [9.17, 15) is 4.79 Å². The normalized spacial score (nSPS) is 19.3. The van der Waals surface area contributed by atoms with Crippen LogP contribution in [0.4, 0.5) is 0 Å². The lowest BCUT2D eigenvalue weighted by molar-refractivity contribution is 0.0161. The summed E-state index contributed by atoms with van der Waals surface area (Å²) in [7, 11) is 0. The molecule has 1 aliphatic rings. The van der Waals surface area contributed by atoms with Crippen LogP contribution in [0.5, 0.6) is 0 Å². The van der Waals surface area contributed by atoms with Crippen molar-refractivity contribution < 1.29 is 14.3 Å². The Morgan fingerprint density at radius 1 is 1.47 bits per heavy atom. The molecule has 0 amide bonds. The summed E-state index contributed by atoms with van der Waals surface area (Å²) in [5.74, 6) is -0.442. The molecule has 1 saturated heterocycles. The zero-order valence-corrected chi connectivity index (χ0v) is 10.6. The molecular formula is C12H12Cl2O3. The Morgan fingerprint density at radius 3 is 2.94 bits per heavy atom. The predicted molar refractivity (Wildman–Crippen MR) is 65.7 cm³/mol. The highest BCUT2D eigenvalue weighted by Gasteiger charge is 2.19. The summed E-state index contributed by atoms with van der Waals surface area (Å²) in [5.41, 5.74) is 0.328. The van der Waals surface area contributed by atoms with Gasteiger partial charge >= 0.3 is 5.97 Å². The summed E-state index contributed by atoms with van der Waals surface area (Å²) in [4.78, 5) is 11.7. The Balaban J connectivity index is 1.94. The van der Waals surface area contributed by atoms with Gasteiger partial charge in [0.1, 0.15) is 6.61 Å². The molecule has 1 atom stereocenters. The van der Waals surface area contributed by atoms with Crippen molar-refractivity contribution in [1.29, 1.82) is 0 Å². The first-order valence-electron chi connectivity index (χ1n) is 5.40. The molecule has 92 valence electrons. The van der Waals surface area contributed by atoms with E-state index in [4.69, 9.17) is 32.7 Å². The number of ether oxygens (including phenoxy) is 2. The fraction of sp³-hybridized carbons (Fsp3) is 0.417. The highest BCUT2D eigenvalue weighted by atomic mass is 35.5. The third-order valence-electron chi connectivity index (χ3n) is 2.58. The molecular weight excluding hydrogens is 263 g/mol. The minimum atomic E-state index is -0.442. The van der Waals surface area contributed by atoms with Crippen molar-refractivity contribution in [3.05, 3.63) is 33.8 Å². The minimum absolute atomic E-state index is 0.0185. The maximum atomic E-state index is 11.7. The second-order valence-electron chi connectivity index (χ2n) is 3.86. The van der Waals surface area contributed by atoms with Gasteiger partial charge in [0.05, 0.1) is 16.7 Å². The van der Waals surface area contributed by atoms with Crippen LogP contribution in [0.15, 0.2) is 18.2 Å². The van der Waals surface area contributed by atoms with Gasteiger partial charge in [0.15, 0.2) is 0 Å². The Kier molecular flexibility index (Phi) is 4.26. The highest BCUT2D eigenvalue weighted by Crippen LogP contribution is 2.22. The van der Waals surface area contributed by atoms with Gasteiger partial charge in [0.2, 0.25) is 0 Å². The zero-order chi connectivity index (χ0) is 12.3. The number of benzene rings is 1. The molecule has 5 heteroatoms. The van der Waals surface area contributed by atoms with E-state index in [1.165, 1.54) is 6.07 Å². The third-order valence-corrected chi connectivity index (χ3v) is 3.12. The van der Waals surface area contributed by atoms with Crippen LogP contribution in [0, 0.1) is 0 Å². The molecule has 1 aromatic rings. The molecule has 2 rings (SSSR count). The van der Waals surface area contributed by atoms with Crippen LogP contribution in [-0.4, -0.2) is 25.3 Å². The number of rotatable bonds is 3. The zero-order valence-electron chi connectivity index (χ0n) is 9.12. The lowest BCUT2D eigenvalue weighted by Crippen LogP contribution is -2.18. The molecule has 0 aromatic heterocycles. The topological polar surface area (TPSA) is 35.5 Å². The summed E-state index contributed by atoms with van der Waals surface area (Å²) < 4.78 is 10.5. The van der Waals surface area contributed by atoms with Gasteiger partial charge in [-0.3, -0.25) is 0 Å². The van der Waals surface area contributed by atoms with E-state index in [0.29, 0.717) is 15.6 Å². The van der Waals surface area contributed by atoms with E-state index >= 15 is 0 Å². The van der Waals surface area contributed by atoms with Crippen molar-refractivity contribution in [2.45, 2.75) is 18.9 Å². The van der Waals surface area contributed by atoms with Crippen LogP contribution in [0.1, 0.15) is 23.2 Å². The largest absolute Gasteiger partial charge is 0.459 e. The summed E-state index contributed by atoms with van der Waals surface area (Å²) in [6.07, 6.45) is 1.97. The molecule has 0 N–H and O–H groups in total. The van der Waals surface area contributed by atoms with E-state index in [2.05, 4.69) is 0 Å². The van der Waals surface area contributed by atoms with E-state index in [1.54, 1.807) is 12.1 Å². The first kappa shape index (κ1) is 12.7. The average Bonchev–Trinajstić information content (AvgIpc) is 2.78. The molecule has 1 fully saturated rings. The first-order chi connectivity index (χ1) is 8.16. The summed E-state index contributed by atoms with van der Waals surface area (Å²) in [6, 6.07) is 4.68. The molecule has 0 bridgehead atoms. The SMILES string of the molecule is O=C(OCC1CCCO1)c1ccc(Cl)cc1Cl. The molecule has 0 aliphatic carbocycles. The quantitative estimate of drug-likeness (QED) is 0.794. The second kappa shape index (κ2) is 5.71. The van der Waals surface area contributed by atoms with Crippen LogP contribution < -0.4 is 0 Å². The predicted octanol–water partition coefficient (Wildman–Crippen LogP) is 3.33. The van der Waals surface area contributed by atoms with Crippen molar-refractivity contribution >= 4 is 29.2 Å². The molecule has 1 unspecified atom stereocenters. The number of carbonyl (C=O) groups is 1. The number of hydrogen-bond donors (Lipinski definition) is 0. The molecule has 0 spiro atoms. The summed E-state index contributed by atoms with van der Waals surface area (Å²) >= 11 is 11.6. The Labute approximate surface area is 110 Å². The van der Waals surface area contributed by atoms with E-state index < -0.39 is 5.97 Å². The van der Waals surface area contributed by atoms with Crippen LogP contribution in [0.2, 0.25) is 10.0 Å². The lowest BCUT2D eigenvalue weighted by Gasteiger charge is -2.10. The van der Waals surface area contributed by atoms with Crippen LogP contribution >= 0.6 is 23.2 Å². The average molecular weight is 275 g/mol. The number of esters is 1. The lowest BCUT2D eigenvalue weighted by atomic mass is 10.2. The first-order valence-corrected chi connectivity index (χ1v) is 6.16. The highest BCUT2D eigenvalue weighted by molar-refractivity contribution is 6.36. The fourth-order valence-corrected chi connectivity index (χ4v) is 2.16. The smallest absolute Gasteiger partial charge is 0.339 e. The van der Waals surface area contributed by atoms with E-state index in [-0.39, 0.29) is 12.7 Å². The molecule has 17 heavy (non-hydrogen) atoms. The molecule has 1 aromatic carbocycles. The van der Waals surface area contributed by atoms with Gasteiger partial charge in [-0.05, 0) is 31.0 Å². The monoisotopic (exact) mass is 274 g/mol. The van der Waals surface area contributed by atoms with E-state index in [1.807, 2.05) is 0 Å². The second-order valence-corrected chi connectivity index (χ2v) is 4.70. The van der Waals surface area contributed by atoms with Gasteiger partial charge in [-0.1, -0.05) is 23.2 Å². The Morgan fingerprint density at radius 2 is 2.29 bits per heavy atom. The third kappa shape index (κ3) is 3.35. The number of hydrogen-bond acceptors (Lipinski definition) is 3. The number of halogens is 2. The maximum Gasteiger partial charge on any atom is 0.339 e.